The van der Waals surface area contributed by atoms with E-state index in [0.717, 1.165) is 0 Å². The number of benzene rings is 12. The molecular formula is C72H60B3Ir. The van der Waals surface area contributed by atoms with Gasteiger partial charge in [-0.15, -0.1) is 0 Å². The summed E-state index contributed by atoms with van der Waals surface area (Å²) in [6.45, 7) is 0. The van der Waals surface area contributed by atoms with Crippen LogP contribution in [0.5, 0.6) is 0 Å². The van der Waals surface area contributed by atoms with Gasteiger partial charge in [0.15, 0.2) is 0 Å². The summed E-state index contributed by atoms with van der Waals surface area (Å²) in [6, 6.07) is 131. The van der Waals surface area contributed by atoms with Crippen molar-refractivity contribution in [1.29, 1.82) is 0 Å². The maximum Gasteiger partial charge on any atom is 3.00 e. The average molecular weight is 1150 g/mol. The monoisotopic (exact) mass is 1150 g/mol. The summed E-state index contributed by atoms with van der Waals surface area (Å²) >= 11 is 0. The van der Waals surface area contributed by atoms with Gasteiger partial charge in [0.05, 0.1) is 0 Å². The molecule has 0 nitrogen and oxygen atoms in total. The van der Waals surface area contributed by atoms with Gasteiger partial charge in [0.1, 0.15) is 18.4 Å². The van der Waals surface area contributed by atoms with Gasteiger partial charge < -0.3 is 0 Å². The molecule has 0 aliphatic heterocycles. The molecule has 12 aromatic carbocycles. The maximum absolute atomic E-state index is 2.26. The molecule has 0 saturated heterocycles. The minimum atomic E-state index is -1.22. The summed E-state index contributed by atoms with van der Waals surface area (Å²) in [5, 5.41) is 0. The van der Waals surface area contributed by atoms with Gasteiger partial charge in [-0.2, -0.15) is 65.6 Å². The zero-order chi connectivity index (χ0) is 50.9. The Kier molecular flexibility index (Phi) is 17.6. The molecule has 76 heavy (non-hydrogen) atoms. The van der Waals surface area contributed by atoms with Gasteiger partial charge in [-0.25, -0.2) is 0 Å². The van der Waals surface area contributed by atoms with Crippen molar-refractivity contribution in [3.63, 3.8) is 0 Å². The van der Waals surface area contributed by atoms with E-state index in [4.69, 9.17) is 0 Å². The normalized spacial score (nSPS) is 11.1. The Morgan fingerprint density at radius 2 is 0.171 bits per heavy atom. The van der Waals surface area contributed by atoms with Gasteiger partial charge in [-0.3, -0.25) is 0 Å². The standard InChI is InChI=1S/3C24H20B.Ir/c3*1-5-13-21(14-6-1)25(22-15-7-2-8-16-22,23-17-9-3-10-18-23)24-19-11-4-12-20-24;/h3*1-20H;/q3*-1;+3. The van der Waals surface area contributed by atoms with Crippen molar-refractivity contribution in [3.05, 3.63) is 364 Å². The average Bonchev–Trinajstić information content (AvgIpc) is 3.54. The van der Waals surface area contributed by atoms with Crippen molar-refractivity contribution in [2.24, 2.45) is 0 Å². The predicted octanol–water partition coefficient (Wildman–Crippen LogP) is 9.19. The van der Waals surface area contributed by atoms with Crippen LogP contribution in [0.2, 0.25) is 0 Å². The molecule has 0 aromatic heterocycles. The van der Waals surface area contributed by atoms with Crippen molar-refractivity contribution in [1.82, 2.24) is 0 Å². The second kappa shape index (κ2) is 25.6. The zero-order valence-electron chi connectivity index (χ0n) is 42.7. The van der Waals surface area contributed by atoms with Crippen molar-refractivity contribution in [2.45, 2.75) is 0 Å². The summed E-state index contributed by atoms with van der Waals surface area (Å²) in [4.78, 5) is 0. The Bertz CT molecular complexity index is 2650. The van der Waals surface area contributed by atoms with E-state index in [-0.39, 0.29) is 20.1 Å². The molecule has 4 heteroatoms. The van der Waals surface area contributed by atoms with Crippen molar-refractivity contribution in [2.75, 3.05) is 0 Å². The summed E-state index contributed by atoms with van der Waals surface area (Å²) in [5.74, 6) is 0. The van der Waals surface area contributed by atoms with Gasteiger partial charge in [0.25, 0.3) is 0 Å². The quantitative estimate of drug-likeness (QED) is 0.107. The Hall–Kier alpha value is -8.52. The van der Waals surface area contributed by atoms with E-state index in [2.05, 4.69) is 364 Å². The predicted molar refractivity (Wildman–Crippen MR) is 330 cm³/mol. The van der Waals surface area contributed by atoms with Crippen molar-refractivity contribution >= 4 is 84.0 Å². The van der Waals surface area contributed by atoms with Crippen LogP contribution in [0.3, 0.4) is 0 Å². The second-order valence-corrected chi connectivity index (χ2v) is 19.5. The van der Waals surface area contributed by atoms with Crippen LogP contribution in [0, 0.1) is 0 Å². The molecular weight excluding hydrogens is 1090 g/mol. The first-order valence-electron chi connectivity index (χ1n) is 26.4. The van der Waals surface area contributed by atoms with E-state index < -0.39 is 18.4 Å². The molecule has 0 fully saturated rings. The second-order valence-electron chi connectivity index (χ2n) is 19.5. The summed E-state index contributed by atoms with van der Waals surface area (Å²) in [7, 11) is 0. The first-order valence-corrected chi connectivity index (χ1v) is 26.4. The van der Waals surface area contributed by atoms with E-state index in [1.54, 1.807) is 0 Å². The Morgan fingerprint density at radius 1 is 0.105 bits per heavy atom. The molecule has 0 atom stereocenters. The van der Waals surface area contributed by atoms with Gasteiger partial charge in [0.2, 0.25) is 0 Å². The molecule has 0 heterocycles. The molecule has 0 saturated carbocycles. The Morgan fingerprint density at radius 3 is 0.237 bits per heavy atom. The molecule has 0 aliphatic rings. The molecule has 0 radical (unpaired) electrons. The molecule has 0 spiro atoms. The first kappa shape index (κ1) is 52.4. The van der Waals surface area contributed by atoms with Crippen molar-refractivity contribution in [3.8, 4) is 0 Å². The van der Waals surface area contributed by atoms with E-state index in [1.165, 1.54) is 65.6 Å². The molecule has 0 amide bonds. The van der Waals surface area contributed by atoms with Crippen LogP contribution in [-0.4, -0.2) is 18.4 Å². The van der Waals surface area contributed by atoms with Gasteiger partial charge >= 0.3 is 20.1 Å². The van der Waals surface area contributed by atoms with Crippen LogP contribution in [0.4, 0.5) is 0 Å². The molecule has 12 aromatic rings. The minimum absolute atomic E-state index is 0. The SMILES string of the molecule is [Ir+3].c1ccc([B-](c2ccccc2)(c2ccccc2)c2ccccc2)cc1.c1ccc([B-](c2ccccc2)(c2ccccc2)c2ccccc2)cc1.c1ccc([B-](c2ccccc2)(c2ccccc2)c2ccccc2)cc1. The molecule has 0 unspecified atom stereocenters. The van der Waals surface area contributed by atoms with Crippen LogP contribution < -0.4 is 65.6 Å². The summed E-state index contributed by atoms with van der Waals surface area (Å²) in [5.41, 5.74) is 16.1. The largest absolute Gasteiger partial charge is 3.00 e. The molecule has 0 N–H and O–H groups in total. The Labute approximate surface area is 465 Å². The molecule has 366 valence electrons. The van der Waals surface area contributed by atoms with E-state index in [0.29, 0.717) is 0 Å². The number of hydrogen-bond acceptors (Lipinski definition) is 0. The fourth-order valence-corrected chi connectivity index (χ4v) is 12.4. The summed E-state index contributed by atoms with van der Waals surface area (Å²) < 4.78 is 0. The summed E-state index contributed by atoms with van der Waals surface area (Å²) in [6.07, 6.45) is -3.65. The number of hydrogen-bond donors (Lipinski definition) is 0. The molecule has 0 aliphatic carbocycles. The van der Waals surface area contributed by atoms with Gasteiger partial charge in [0, 0.05) is 0 Å². The molecule has 12 rings (SSSR count). The zero-order valence-corrected chi connectivity index (χ0v) is 45.1. The van der Waals surface area contributed by atoms with Crippen LogP contribution in [-0.2, 0) is 20.1 Å². The van der Waals surface area contributed by atoms with E-state index in [9.17, 15) is 0 Å². The third-order valence-corrected chi connectivity index (χ3v) is 15.6. The van der Waals surface area contributed by atoms with Crippen LogP contribution in [0.25, 0.3) is 0 Å². The van der Waals surface area contributed by atoms with E-state index in [1.807, 2.05) is 0 Å². The minimum Gasteiger partial charge on any atom is -0.195 e. The fraction of sp³-hybridized carbons (Fsp3) is 0. The molecule has 0 bridgehead atoms. The smallest absolute Gasteiger partial charge is 0.195 e. The van der Waals surface area contributed by atoms with E-state index >= 15 is 0 Å². The van der Waals surface area contributed by atoms with Crippen molar-refractivity contribution < 1.29 is 20.1 Å². The van der Waals surface area contributed by atoms with Crippen LogP contribution in [0.1, 0.15) is 0 Å². The third-order valence-electron chi connectivity index (χ3n) is 15.6. The topological polar surface area (TPSA) is 0 Å². The fourth-order valence-electron chi connectivity index (χ4n) is 12.4. The maximum atomic E-state index is 2.26. The van der Waals surface area contributed by atoms with Crippen LogP contribution >= 0.6 is 0 Å². The van der Waals surface area contributed by atoms with Crippen LogP contribution in [0.15, 0.2) is 364 Å². The number of rotatable bonds is 12. The van der Waals surface area contributed by atoms with Gasteiger partial charge in [-0.1, -0.05) is 364 Å². The van der Waals surface area contributed by atoms with Gasteiger partial charge in [-0.05, 0) is 0 Å². The first-order chi connectivity index (χ1) is 37.3. The Balaban J connectivity index is 0.000000138. The third kappa shape index (κ3) is 10.7.